The zero-order valence-corrected chi connectivity index (χ0v) is 13.1. The summed E-state index contributed by atoms with van der Waals surface area (Å²) >= 11 is 0. The van der Waals surface area contributed by atoms with Gasteiger partial charge in [0.1, 0.15) is 34.1 Å². The molecule has 0 atom stereocenters. The third-order valence-electron chi connectivity index (χ3n) is 3.79. The molecule has 1 aromatic heterocycles. The van der Waals surface area contributed by atoms with Gasteiger partial charge < -0.3 is 24.8 Å². The number of hydrogen-bond donors (Lipinski definition) is 4. The highest BCUT2D eigenvalue weighted by Crippen LogP contribution is 2.30. The summed E-state index contributed by atoms with van der Waals surface area (Å²) in [5.41, 5.74) is -0.454. The van der Waals surface area contributed by atoms with Crippen molar-refractivity contribution in [3.8, 4) is 23.0 Å². The van der Waals surface area contributed by atoms with Gasteiger partial charge in [-0.1, -0.05) is 0 Å². The number of fused-ring (bicyclic) bond motifs is 1. The van der Waals surface area contributed by atoms with Crippen LogP contribution in [0.3, 0.4) is 0 Å². The van der Waals surface area contributed by atoms with Crippen molar-refractivity contribution < 1.29 is 29.6 Å². The van der Waals surface area contributed by atoms with Crippen LogP contribution in [-0.4, -0.2) is 26.2 Å². The molecule has 25 heavy (non-hydrogen) atoms. The summed E-state index contributed by atoms with van der Waals surface area (Å²) < 4.78 is 5.06. The van der Waals surface area contributed by atoms with Gasteiger partial charge in [-0.05, 0) is 36.1 Å². The zero-order chi connectivity index (χ0) is 18.3. The van der Waals surface area contributed by atoms with Crippen molar-refractivity contribution in [2.45, 2.75) is 13.3 Å². The van der Waals surface area contributed by atoms with E-state index < -0.39 is 17.2 Å². The van der Waals surface area contributed by atoms with Crippen LogP contribution in [0.25, 0.3) is 10.8 Å². The first-order chi connectivity index (χ1) is 11.8. The van der Waals surface area contributed by atoms with Gasteiger partial charge in [-0.25, -0.2) is 4.79 Å². The number of carbonyl (C=O) groups is 1. The smallest absolute Gasteiger partial charge is 0.347 e. The molecule has 7 heteroatoms. The summed E-state index contributed by atoms with van der Waals surface area (Å²) in [6.07, 6.45) is -0.319. The maximum absolute atomic E-state index is 12.4. The Hall–Kier alpha value is -3.48. The standard InChI is InChI=1S/C18H14O7/c1-8-2-10(19)5-13(21)16(8)15(23)7-12-4-9-3-11(20)6-14(22)17(9)18(24)25-12/h2-6,19-22H,7H2,1H3. The Morgan fingerprint density at radius 1 is 0.960 bits per heavy atom. The number of rotatable bonds is 3. The largest absolute Gasteiger partial charge is 0.508 e. The lowest BCUT2D eigenvalue weighted by Crippen LogP contribution is -2.09. The molecule has 0 spiro atoms. The van der Waals surface area contributed by atoms with Crippen LogP contribution in [0.1, 0.15) is 21.7 Å². The van der Waals surface area contributed by atoms with Crippen molar-refractivity contribution in [1.82, 2.24) is 0 Å². The van der Waals surface area contributed by atoms with Gasteiger partial charge in [0.05, 0.1) is 12.0 Å². The Kier molecular flexibility index (Phi) is 3.84. The van der Waals surface area contributed by atoms with Gasteiger partial charge in [0.2, 0.25) is 0 Å². The van der Waals surface area contributed by atoms with Gasteiger partial charge in [0, 0.05) is 12.1 Å². The first kappa shape index (κ1) is 16.4. The van der Waals surface area contributed by atoms with Gasteiger partial charge >= 0.3 is 5.63 Å². The number of benzene rings is 2. The zero-order valence-electron chi connectivity index (χ0n) is 13.1. The van der Waals surface area contributed by atoms with Crippen LogP contribution in [0.4, 0.5) is 0 Å². The van der Waals surface area contributed by atoms with Gasteiger partial charge in [0.25, 0.3) is 0 Å². The lowest BCUT2D eigenvalue weighted by molar-refractivity contribution is 0.0983. The fourth-order valence-corrected chi connectivity index (χ4v) is 2.79. The summed E-state index contributed by atoms with van der Waals surface area (Å²) in [5, 5.41) is 38.7. The van der Waals surface area contributed by atoms with E-state index in [1.165, 1.54) is 18.2 Å². The molecule has 0 aliphatic heterocycles. The number of aromatic hydroxyl groups is 4. The number of Topliss-reactive ketones (excluding diaryl/α,β-unsaturated/α-hetero) is 1. The molecule has 0 bridgehead atoms. The average molecular weight is 342 g/mol. The van der Waals surface area contributed by atoms with E-state index in [2.05, 4.69) is 0 Å². The van der Waals surface area contributed by atoms with Crippen LogP contribution >= 0.6 is 0 Å². The van der Waals surface area contributed by atoms with Gasteiger partial charge in [0.15, 0.2) is 5.78 Å². The van der Waals surface area contributed by atoms with Crippen LogP contribution in [0.2, 0.25) is 0 Å². The van der Waals surface area contributed by atoms with Crippen molar-refractivity contribution in [2.75, 3.05) is 0 Å². The first-order valence-corrected chi connectivity index (χ1v) is 7.30. The Morgan fingerprint density at radius 2 is 1.60 bits per heavy atom. The predicted molar refractivity (Wildman–Crippen MR) is 88.4 cm³/mol. The van der Waals surface area contributed by atoms with E-state index in [1.54, 1.807) is 6.92 Å². The highest BCUT2D eigenvalue weighted by atomic mass is 16.4. The van der Waals surface area contributed by atoms with E-state index in [-0.39, 0.29) is 45.8 Å². The molecular weight excluding hydrogens is 328 g/mol. The fraction of sp³-hybridized carbons (Fsp3) is 0.111. The van der Waals surface area contributed by atoms with E-state index in [9.17, 15) is 30.0 Å². The first-order valence-electron chi connectivity index (χ1n) is 7.30. The molecule has 7 nitrogen and oxygen atoms in total. The molecule has 0 fully saturated rings. The third kappa shape index (κ3) is 2.99. The lowest BCUT2D eigenvalue weighted by Gasteiger charge is -2.09. The molecule has 0 aliphatic carbocycles. The minimum atomic E-state index is -0.843. The molecule has 3 rings (SSSR count). The van der Waals surface area contributed by atoms with E-state index in [0.29, 0.717) is 5.56 Å². The van der Waals surface area contributed by atoms with E-state index in [1.807, 2.05) is 0 Å². The number of carbonyl (C=O) groups excluding carboxylic acids is 1. The quantitative estimate of drug-likeness (QED) is 0.538. The second-order valence-corrected chi connectivity index (χ2v) is 5.69. The van der Waals surface area contributed by atoms with E-state index in [4.69, 9.17) is 4.42 Å². The summed E-state index contributed by atoms with van der Waals surface area (Å²) in [5.74, 6) is -1.70. The molecule has 0 saturated carbocycles. The summed E-state index contributed by atoms with van der Waals surface area (Å²) in [4.78, 5) is 24.5. The van der Waals surface area contributed by atoms with Crippen molar-refractivity contribution >= 4 is 16.6 Å². The minimum absolute atomic E-state index is 0.0132. The predicted octanol–water partition coefficient (Wildman–Crippen LogP) is 2.35. The molecule has 0 aliphatic rings. The fourth-order valence-electron chi connectivity index (χ4n) is 2.79. The summed E-state index contributed by atoms with van der Waals surface area (Å²) in [6.45, 7) is 1.55. The molecule has 0 amide bonds. The van der Waals surface area contributed by atoms with Crippen molar-refractivity contribution in [1.29, 1.82) is 0 Å². The molecule has 3 aromatic rings. The van der Waals surface area contributed by atoms with Gasteiger partial charge in [-0.3, -0.25) is 4.79 Å². The minimum Gasteiger partial charge on any atom is -0.508 e. The van der Waals surface area contributed by atoms with Crippen LogP contribution in [0.5, 0.6) is 23.0 Å². The SMILES string of the molecule is Cc1cc(O)cc(O)c1C(=O)Cc1cc2cc(O)cc(O)c2c(=O)o1. The summed E-state index contributed by atoms with van der Waals surface area (Å²) in [6, 6.07) is 6.03. The second kappa shape index (κ2) is 5.86. The number of aryl methyl sites for hydroxylation is 1. The maximum atomic E-state index is 12.4. The molecule has 0 unspecified atom stereocenters. The van der Waals surface area contributed by atoms with Crippen molar-refractivity contribution in [3.05, 3.63) is 57.6 Å². The molecular formula is C18H14O7. The summed E-state index contributed by atoms with van der Waals surface area (Å²) in [7, 11) is 0. The third-order valence-corrected chi connectivity index (χ3v) is 3.79. The lowest BCUT2D eigenvalue weighted by atomic mass is 9.99. The number of hydrogen-bond acceptors (Lipinski definition) is 7. The number of ketones is 1. The normalized spacial score (nSPS) is 10.9. The molecule has 4 N–H and O–H groups in total. The van der Waals surface area contributed by atoms with Crippen LogP contribution in [-0.2, 0) is 6.42 Å². The Morgan fingerprint density at radius 3 is 2.28 bits per heavy atom. The van der Waals surface area contributed by atoms with Crippen LogP contribution in [0.15, 0.2) is 39.5 Å². The molecule has 2 aromatic carbocycles. The molecule has 0 radical (unpaired) electrons. The Labute approximate surface area is 141 Å². The van der Waals surface area contributed by atoms with E-state index >= 15 is 0 Å². The average Bonchev–Trinajstić information content (AvgIpc) is 2.44. The van der Waals surface area contributed by atoms with Crippen LogP contribution in [0, 0.1) is 6.92 Å². The topological polar surface area (TPSA) is 128 Å². The monoisotopic (exact) mass is 342 g/mol. The Balaban J connectivity index is 2.04. The van der Waals surface area contributed by atoms with Gasteiger partial charge in [-0.2, -0.15) is 0 Å². The van der Waals surface area contributed by atoms with E-state index in [0.717, 1.165) is 12.1 Å². The number of phenolic OH excluding ortho intramolecular Hbond substituents is 4. The highest BCUT2D eigenvalue weighted by Gasteiger charge is 2.18. The van der Waals surface area contributed by atoms with Crippen molar-refractivity contribution in [3.63, 3.8) is 0 Å². The molecule has 1 heterocycles. The second-order valence-electron chi connectivity index (χ2n) is 5.69. The van der Waals surface area contributed by atoms with Crippen LogP contribution < -0.4 is 5.63 Å². The molecule has 128 valence electrons. The Bertz CT molecular complexity index is 1040. The van der Waals surface area contributed by atoms with Gasteiger partial charge in [-0.15, -0.1) is 0 Å². The number of phenols is 4. The van der Waals surface area contributed by atoms with Crippen molar-refractivity contribution in [2.24, 2.45) is 0 Å². The highest BCUT2D eigenvalue weighted by molar-refractivity contribution is 6.01. The maximum Gasteiger partial charge on any atom is 0.347 e. The molecule has 0 saturated heterocycles.